The fourth-order valence-corrected chi connectivity index (χ4v) is 2.23. The second-order valence-corrected chi connectivity index (χ2v) is 4.89. The normalized spacial score (nSPS) is 12.0. The first kappa shape index (κ1) is 15.3. The molecule has 0 aliphatic heterocycles. The standard InChI is InChI=1S/C17H20FNO2/c1-20-16-10-4-12(11-17(16)21-2)3-9-15(19)13-5-7-14(18)8-6-13/h4-8,10-11,15H,3,9,19H2,1-2H3. The number of nitrogens with two attached hydrogens (primary N) is 1. The summed E-state index contributed by atoms with van der Waals surface area (Å²) in [4.78, 5) is 0. The lowest BCUT2D eigenvalue weighted by Gasteiger charge is -2.13. The Morgan fingerprint density at radius 2 is 1.67 bits per heavy atom. The molecule has 2 aromatic carbocycles. The van der Waals surface area contributed by atoms with Crippen LogP contribution in [-0.4, -0.2) is 14.2 Å². The van der Waals surface area contributed by atoms with E-state index in [1.807, 2.05) is 18.2 Å². The maximum Gasteiger partial charge on any atom is 0.160 e. The van der Waals surface area contributed by atoms with Gasteiger partial charge in [0, 0.05) is 6.04 Å². The third-order valence-corrected chi connectivity index (χ3v) is 3.49. The van der Waals surface area contributed by atoms with Crippen molar-refractivity contribution in [2.75, 3.05) is 14.2 Å². The van der Waals surface area contributed by atoms with E-state index in [9.17, 15) is 4.39 Å². The Balaban J connectivity index is 2.00. The van der Waals surface area contributed by atoms with Crippen molar-refractivity contribution in [2.45, 2.75) is 18.9 Å². The Hall–Kier alpha value is -2.07. The molecule has 0 saturated carbocycles. The van der Waals surface area contributed by atoms with Crippen molar-refractivity contribution in [3.05, 3.63) is 59.4 Å². The molecule has 0 heterocycles. The fraction of sp³-hybridized carbons (Fsp3) is 0.294. The topological polar surface area (TPSA) is 44.5 Å². The molecule has 2 rings (SSSR count). The highest BCUT2D eigenvalue weighted by atomic mass is 19.1. The molecule has 0 fully saturated rings. The van der Waals surface area contributed by atoms with Gasteiger partial charge in [-0.25, -0.2) is 4.39 Å². The van der Waals surface area contributed by atoms with Gasteiger partial charge in [-0.15, -0.1) is 0 Å². The van der Waals surface area contributed by atoms with Gasteiger partial charge in [0.2, 0.25) is 0 Å². The van der Waals surface area contributed by atoms with Gasteiger partial charge in [0.05, 0.1) is 14.2 Å². The second-order valence-electron chi connectivity index (χ2n) is 4.89. The van der Waals surface area contributed by atoms with Crippen LogP contribution in [0.3, 0.4) is 0 Å². The molecule has 0 saturated heterocycles. The van der Waals surface area contributed by atoms with Crippen LogP contribution < -0.4 is 15.2 Å². The fourth-order valence-electron chi connectivity index (χ4n) is 2.23. The smallest absolute Gasteiger partial charge is 0.160 e. The summed E-state index contributed by atoms with van der Waals surface area (Å²) in [5, 5.41) is 0. The summed E-state index contributed by atoms with van der Waals surface area (Å²) in [7, 11) is 3.23. The second kappa shape index (κ2) is 7.09. The molecule has 0 aromatic heterocycles. The highest BCUT2D eigenvalue weighted by Gasteiger charge is 2.09. The predicted molar refractivity (Wildman–Crippen MR) is 81.2 cm³/mol. The van der Waals surface area contributed by atoms with E-state index in [0.29, 0.717) is 11.5 Å². The van der Waals surface area contributed by atoms with E-state index in [-0.39, 0.29) is 11.9 Å². The van der Waals surface area contributed by atoms with Crippen molar-refractivity contribution in [3.63, 3.8) is 0 Å². The van der Waals surface area contributed by atoms with Crippen LogP contribution in [-0.2, 0) is 6.42 Å². The SMILES string of the molecule is COc1ccc(CCC(N)c2ccc(F)cc2)cc1OC. The van der Waals surface area contributed by atoms with Crippen molar-refractivity contribution in [2.24, 2.45) is 5.73 Å². The first-order chi connectivity index (χ1) is 10.1. The minimum Gasteiger partial charge on any atom is -0.493 e. The zero-order valence-electron chi connectivity index (χ0n) is 12.3. The molecule has 0 radical (unpaired) electrons. The number of hydrogen-bond donors (Lipinski definition) is 1. The highest BCUT2D eigenvalue weighted by Crippen LogP contribution is 2.28. The quantitative estimate of drug-likeness (QED) is 0.885. The van der Waals surface area contributed by atoms with Crippen LogP contribution in [0.15, 0.2) is 42.5 Å². The number of hydrogen-bond acceptors (Lipinski definition) is 3. The lowest BCUT2D eigenvalue weighted by molar-refractivity contribution is 0.354. The molecular weight excluding hydrogens is 269 g/mol. The Morgan fingerprint density at radius 3 is 2.29 bits per heavy atom. The average Bonchev–Trinajstić information content (AvgIpc) is 2.52. The van der Waals surface area contributed by atoms with Gasteiger partial charge < -0.3 is 15.2 Å². The van der Waals surface area contributed by atoms with Crippen molar-refractivity contribution < 1.29 is 13.9 Å². The third kappa shape index (κ3) is 3.95. The number of aryl methyl sites for hydroxylation is 1. The molecule has 1 atom stereocenters. The number of ether oxygens (including phenoxy) is 2. The van der Waals surface area contributed by atoms with Crippen molar-refractivity contribution in [1.82, 2.24) is 0 Å². The summed E-state index contributed by atoms with van der Waals surface area (Å²) in [6, 6.07) is 12.1. The minimum atomic E-state index is -0.245. The van der Waals surface area contributed by atoms with E-state index in [4.69, 9.17) is 15.2 Å². The van der Waals surface area contributed by atoms with Crippen LogP contribution >= 0.6 is 0 Å². The first-order valence-electron chi connectivity index (χ1n) is 6.86. The van der Waals surface area contributed by atoms with Gasteiger partial charge in [0.15, 0.2) is 11.5 Å². The van der Waals surface area contributed by atoms with Crippen molar-refractivity contribution in [3.8, 4) is 11.5 Å². The summed E-state index contributed by atoms with van der Waals surface area (Å²) in [6.07, 6.45) is 1.60. The molecule has 4 heteroatoms. The zero-order valence-corrected chi connectivity index (χ0v) is 12.3. The van der Waals surface area contributed by atoms with Crippen LogP contribution in [0.25, 0.3) is 0 Å². The third-order valence-electron chi connectivity index (χ3n) is 3.49. The highest BCUT2D eigenvalue weighted by molar-refractivity contribution is 5.43. The van der Waals surface area contributed by atoms with Crippen LogP contribution in [0.2, 0.25) is 0 Å². The molecule has 2 aromatic rings. The maximum atomic E-state index is 12.9. The van der Waals surface area contributed by atoms with Gasteiger partial charge in [-0.2, -0.15) is 0 Å². The molecular formula is C17H20FNO2. The summed E-state index contributed by atoms with van der Waals surface area (Å²) in [5.74, 6) is 1.18. The lowest BCUT2D eigenvalue weighted by Crippen LogP contribution is -2.11. The van der Waals surface area contributed by atoms with Crippen LogP contribution in [0.4, 0.5) is 4.39 Å². The molecule has 0 bridgehead atoms. The molecule has 2 N–H and O–H groups in total. The van der Waals surface area contributed by atoms with Crippen LogP contribution in [0, 0.1) is 5.82 Å². The Kier molecular flexibility index (Phi) is 5.17. The predicted octanol–water partition coefficient (Wildman–Crippen LogP) is 3.48. The van der Waals surface area contributed by atoms with E-state index in [2.05, 4.69) is 0 Å². The summed E-state index contributed by atoms with van der Waals surface area (Å²) >= 11 is 0. The van der Waals surface area contributed by atoms with E-state index < -0.39 is 0 Å². The minimum absolute atomic E-state index is 0.112. The molecule has 0 amide bonds. The van der Waals surface area contributed by atoms with E-state index in [1.54, 1.807) is 26.4 Å². The summed E-state index contributed by atoms with van der Waals surface area (Å²) in [5.41, 5.74) is 8.21. The molecule has 0 aliphatic carbocycles. The van der Waals surface area contributed by atoms with Gasteiger partial charge in [-0.1, -0.05) is 18.2 Å². The Morgan fingerprint density at radius 1 is 1.00 bits per heavy atom. The summed E-state index contributed by atoms with van der Waals surface area (Å²) in [6.45, 7) is 0. The largest absolute Gasteiger partial charge is 0.493 e. The molecule has 1 unspecified atom stereocenters. The van der Waals surface area contributed by atoms with Crippen molar-refractivity contribution in [1.29, 1.82) is 0 Å². The van der Waals surface area contributed by atoms with E-state index in [1.165, 1.54) is 12.1 Å². The Bertz CT molecular complexity index is 584. The van der Waals surface area contributed by atoms with Crippen molar-refractivity contribution >= 4 is 0 Å². The van der Waals surface area contributed by atoms with Gasteiger partial charge in [0.1, 0.15) is 5.82 Å². The van der Waals surface area contributed by atoms with E-state index >= 15 is 0 Å². The number of halogens is 1. The average molecular weight is 289 g/mol. The number of benzene rings is 2. The Labute approximate surface area is 124 Å². The first-order valence-corrected chi connectivity index (χ1v) is 6.86. The van der Waals surface area contributed by atoms with Gasteiger partial charge in [-0.3, -0.25) is 0 Å². The summed E-state index contributed by atoms with van der Waals surface area (Å²) < 4.78 is 23.4. The number of methoxy groups -OCH3 is 2. The van der Waals surface area contributed by atoms with Crippen LogP contribution in [0.5, 0.6) is 11.5 Å². The molecule has 112 valence electrons. The molecule has 3 nitrogen and oxygen atoms in total. The van der Waals surface area contributed by atoms with Crippen LogP contribution in [0.1, 0.15) is 23.6 Å². The molecule has 0 spiro atoms. The number of rotatable bonds is 6. The molecule has 21 heavy (non-hydrogen) atoms. The lowest BCUT2D eigenvalue weighted by atomic mass is 9.99. The zero-order chi connectivity index (χ0) is 15.2. The van der Waals surface area contributed by atoms with Gasteiger partial charge >= 0.3 is 0 Å². The van der Waals surface area contributed by atoms with Gasteiger partial charge in [0.25, 0.3) is 0 Å². The molecule has 0 aliphatic rings. The van der Waals surface area contributed by atoms with E-state index in [0.717, 1.165) is 24.0 Å². The van der Waals surface area contributed by atoms with Gasteiger partial charge in [-0.05, 0) is 48.2 Å². The maximum absolute atomic E-state index is 12.9. The monoisotopic (exact) mass is 289 g/mol.